The number of amides is 1. The number of aryl methyl sites for hydroxylation is 1. The van der Waals surface area contributed by atoms with Gasteiger partial charge in [0.1, 0.15) is 28.4 Å². The van der Waals surface area contributed by atoms with Crippen LogP contribution < -0.4 is 10.1 Å². The Bertz CT molecular complexity index is 1070. The SMILES string of the molecule is C/C=C(\C=C/N(C)C=O)CNc1ncnc2c(OC)cc(-c3ncc(C)s3)cc12. The maximum absolute atomic E-state index is 10.7. The van der Waals surface area contributed by atoms with Crippen LogP contribution in [0.3, 0.4) is 0 Å². The number of nitrogens with zero attached hydrogens (tertiary/aromatic N) is 4. The van der Waals surface area contributed by atoms with E-state index in [0.717, 1.165) is 38.3 Å². The molecule has 1 aromatic carbocycles. The van der Waals surface area contributed by atoms with Gasteiger partial charge in [-0.15, -0.1) is 11.3 Å². The summed E-state index contributed by atoms with van der Waals surface area (Å²) in [7, 11) is 3.32. The smallest absolute Gasteiger partial charge is 0.213 e. The molecule has 1 amide bonds. The second-order valence-corrected chi connectivity index (χ2v) is 7.61. The maximum Gasteiger partial charge on any atom is 0.213 e. The van der Waals surface area contributed by atoms with Gasteiger partial charge in [0, 0.05) is 41.8 Å². The van der Waals surface area contributed by atoms with Gasteiger partial charge in [-0.25, -0.2) is 15.0 Å². The van der Waals surface area contributed by atoms with Crippen molar-refractivity contribution < 1.29 is 9.53 Å². The number of ether oxygens (including phenoxy) is 1. The fourth-order valence-electron chi connectivity index (χ4n) is 2.73. The number of benzene rings is 1. The third-order valence-corrected chi connectivity index (χ3v) is 5.27. The van der Waals surface area contributed by atoms with Crippen LogP contribution in [0, 0.1) is 6.92 Å². The van der Waals surface area contributed by atoms with E-state index in [-0.39, 0.29) is 0 Å². The molecule has 29 heavy (non-hydrogen) atoms. The number of nitrogens with one attached hydrogen (secondary N) is 1. The van der Waals surface area contributed by atoms with Crippen LogP contribution in [0.2, 0.25) is 0 Å². The number of carbonyl (C=O) groups excluding carboxylic acids is 1. The van der Waals surface area contributed by atoms with Crippen molar-refractivity contribution in [1.29, 1.82) is 0 Å². The van der Waals surface area contributed by atoms with Crippen LogP contribution in [0.1, 0.15) is 11.8 Å². The van der Waals surface area contributed by atoms with Crippen molar-refractivity contribution in [3.63, 3.8) is 0 Å². The van der Waals surface area contributed by atoms with E-state index in [4.69, 9.17) is 4.74 Å². The zero-order valence-corrected chi connectivity index (χ0v) is 17.7. The molecule has 8 heteroatoms. The van der Waals surface area contributed by atoms with E-state index in [1.807, 2.05) is 44.3 Å². The third kappa shape index (κ3) is 4.78. The van der Waals surface area contributed by atoms with Crippen LogP contribution in [0.4, 0.5) is 5.82 Å². The molecule has 3 aromatic rings. The molecule has 0 saturated carbocycles. The normalized spacial score (nSPS) is 11.8. The Kier molecular flexibility index (Phi) is 6.56. The molecule has 0 aliphatic carbocycles. The molecule has 0 unspecified atom stereocenters. The highest BCUT2D eigenvalue weighted by molar-refractivity contribution is 7.14. The topological polar surface area (TPSA) is 80.2 Å². The lowest BCUT2D eigenvalue weighted by molar-refractivity contribution is -0.114. The summed E-state index contributed by atoms with van der Waals surface area (Å²) in [4.78, 5) is 26.7. The molecule has 2 aromatic heterocycles. The Hall–Kier alpha value is -3.26. The Morgan fingerprint density at radius 3 is 2.79 bits per heavy atom. The van der Waals surface area contributed by atoms with Crippen LogP contribution in [0.5, 0.6) is 5.75 Å². The Morgan fingerprint density at radius 1 is 1.31 bits per heavy atom. The lowest BCUT2D eigenvalue weighted by Crippen LogP contribution is -2.09. The van der Waals surface area contributed by atoms with Crippen molar-refractivity contribution in [2.45, 2.75) is 13.8 Å². The Labute approximate surface area is 173 Å². The van der Waals surface area contributed by atoms with Gasteiger partial charge >= 0.3 is 0 Å². The predicted octanol–water partition coefficient (Wildman–Crippen LogP) is 4.03. The first-order chi connectivity index (χ1) is 14.0. The van der Waals surface area contributed by atoms with E-state index in [2.05, 4.69) is 20.3 Å². The van der Waals surface area contributed by atoms with Crippen LogP contribution in [0.25, 0.3) is 21.5 Å². The van der Waals surface area contributed by atoms with E-state index in [9.17, 15) is 4.79 Å². The summed E-state index contributed by atoms with van der Waals surface area (Å²) < 4.78 is 5.57. The molecule has 0 bridgehead atoms. The number of thiazole rings is 1. The molecule has 0 fully saturated rings. The van der Waals surface area contributed by atoms with Gasteiger partial charge in [-0.2, -0.15) is 0 Å². The van der Waals surface area contributed by atoms with Crippen LogP contribution in [-0.4, -0.2) is 47.0 Å². The first-order valence-corrected chi connectivity index (χ1v) is 9.87. The number of aromatic nitrogens is 3. The summed E-state index contributed by atoms with van der Waals surface area (Å²) in [6.07, 6.45) is 9.71. The first kappa shape index (κ1) is 20.5. The molecule has 0 atom stereocenters. The quantitative estimate of drug-likeness (QED) is 0.447. The highest BCUT2D eigenvalue weighted by Gasteiger charge is 2.13. The van der Waals surface area contributed by atoms with Crippen molar-refractivity contribution in [3.05, 3.63) is 53.5 Å². The van der Waals surface area contributed by atoms with E-state index >= 15 is 0 Å². The molecule has 150 valence electrons. The summed E-state index contributed by atoms with van der Waals surface area (Å²) in [6.45, 7) is 4.53. The fraction of sp³-hybridized carbons (Fsp3) is 0.238. The average molecular weight is 410 g/mol. The number of hydrogen-bond donors (Lipinski definition) is 1. The summed E-state index contributed by atoms with van der Waals surface area (Å²) >= 11 is 1.63. The Balaban J connectivity index is 1.95. The van der Waals surface area contributed by atoms with Gasteiger partial charge in [0.15, 0.2) is 0 Å². The summed E-state index contributed by atoms with van der Waals surface area (Å²) in [5.74, 6) is 1.38. The zero-order valence-electron chi connectivity index (χ0n) is 16.8. The van der Waals surface area contributed by atoms with Gasteiger partial charge < -0.3 is 15.0 Å². The standard InChI is InChI=1S/C21H23N5O2S/c1-5-15(6-7-26(3)13-27)11-22-20-17-8-16(21-23-10-14(2)29-21)9-18(28-4)19(17)24-12-25-20/h5-10,12-13H,11H2,1-4H3,(H,22,24,25)/b7-6-,15-5+. The molecule has 7 nitrogen and oxygen atoms in total. The molecular formula is C21H23N5O2S. The van der Waals surface area contributed by atoms with Crippen molar-refractivity contribution in [2.75, 3.05) is 26.0 Å². The average Bonchev–Trinajstić information content (AvgIpc) is 3.19. The molecule has 1 N–H and O–H groups in total. The highest BCUT2D eigenvalue weighted by atomic mass is 32.1. The van der Waals surface area contributed by atoms with Gasteiger partial charge in [-0.3, -0.25) is 4.79 Å². The monoisotopic (exact) mass is 409 g/mol. The van der Waals surface area contributed by atoms with Crippen molar-refractivity contribution in [2.24, 2.45) is 0 Å². The van der Waals surface area contributed by atoms with Crippen LogP contribution >= 0.6 is 11.3 Å². The molecule has 0 radical (unpaired) electrons. The fourth-order valence-corrected chi connectivity index (χ4v) is 3.49. The lowest BCUT2D eigenvalue weighted by atomic mass is 10.1. The Morgan fingerprint density at radius 2 is 2.14 bits per heavy atom. The van der Waals surface area contributed by atoms with E-state index < -0.39 is 0 Å². The number of fused-ring (bicyclic) bond motifs is 1. The van der Waals surface area contributed by atoms with E-state index in [1.165, 1.54) is 11.2 Å². The second-order valence-electron chi connectivity index (χ2n) is 6.38. The second kappa shape index (κ2) is 9.29. The van der Waals surface area contributed by atoms with Gasteiger partial charge in [-0.1, -0.05) is 6.08 Å². The maximum atomic E-state index is 10.7. The molecular weight excluding hydrogens is 386 g/mol. The number of carbonyl (C=O) groups is 1. The van der Waals surface area contributed by atoms with E-state index in [1.54, 1.807) is 31.7 Å². The zero-order chi connectivity index (χ0) is 20.8. The molecule has 0 aliphatic rings. The first-order valence-electron chi connectivity index (χ1n) is 9.05. The number of anilines is 1. The third-order valence-electron chi connectivity index (χ3n) is 4.31. The molecule has 0 aliphatic heterocycles. The largest absolute Gasteiger partial charge is 0.494 e. The summed E-state index contributed by atoms with van der Waals surface area (Å²) in [6, 6.07) is 3.98. The lowest BCUT2D eigenvalue weighted by Gasteiger charge is -2.12. The van der Waals surface area contributed by atoms with Crippen molar-refractivity contribution >= 4 is 34.5 Å². The van der Waals surface area contributed by atoms with Gasteiger partial charge in [0.2, 0.25) is 6.41 Å². The van der Waals surface area contributed by atoms with Crippen LogP contribution in [0.15, 0.2) is 48.6 Å². The van der Waals surface area contributed by atoms with Gasteiger partial charge in [-0.05, 0) is 37.6 Å². The number of allylic oxidation sites excluding steroid dienone is 1. The summed E-state index contributed by atoms with van der Waals surface area (Å²) in [5, 5.41) is 5.15. The van der Waals surface area contributed by atoms with Gasteiger partial charge in [0.05, 0.1) is 7.11 Å². The number of hydrogen-bond acceptors (Lipinski definition) is 7. The molecule has 0 saturated heterocycles. The minimum absolute atomic E-state index is 0.550. The number of rotatable bonds is 8. The van der Waals surface area contributed by atoms with Gasteiger partial charge in [0.25, 0.3) is 0 Å². The van der Waals surface area contributed by atoms with Crippen molar-refractivity contribution in [3.8, 4) is 16.3 Å². The number of methoxy groups -OCH3 is 1. The van der Waals surface area contributed by atoms with E-state index in [0.29, 0.717) is 18.1 Å². The molecule has 2 heterocycles. The van der Waals surface area contributed by atoms with Crippen molar-refractivity contribution in [1.82, 2.24) is 19.9 Å². The summed E-state index contributed by atoms with van der Waals surface area (Å²) in [5.41, 5.74) is 2.72. The predicted molar refractivity (Wildman–Crippen MR) is 117 cm³/mol. The minimum Gasteiger partial charge on any atom is -0.494 e. The molecule has 3 rings (SSSR count). The minimum atomic E-state index is 0.550. The van der Waals surface area contributed by atoms with Crippen LogP contribution in [-0.2, 0) is 4.79 Å². The molecule has 0 spiro atoms. The highest BCUT2D eigenvalue weighted by Crippen LogP contribution is 2.35.